The number of piperidine rings is 2. The van der Waals surface area contributed by atoms with Crippen LogP contribution in [0.4, 0.5) is 0 Å². The Morgan fingerprint density at radius 2 is 1.71 bits per heavy atom. The van der Waals surface area contributed by atoms with Crippen molar-refractivity contribution in [1.82, 2.24) is 15.1 Å². The zero-order valence-electron chi connectivity index (χ0n) is 15.0. The Morgan fingerprint density at radius 3 is 2.38 bits per heavy atom. The van der Waals surface area contributed by atoms with Crippen LogP contribution >= 0.6 is 0 Å². The lowest BCUT2D eigenvalue weighted by atomic mass is 9.96. The minimum atomic E-state index is 0.839. The molecule has 1 atom stereocenters. The van der Waals surface area contributed by atoms with E-state index in [9.17, 15) is 0 Å². The first-order valence-electron chi connectivity index (χ1n) is 10.1. The second kappa shape index (κ2) is 7.99. The molecular formula is C21H33N3. The van der Waals surface area contributed by atoms with Gasteiger partial charge in [-0.05, 0) is 76.2 Å². The van der Waals surface area contributed by atoms with Crippen LogP contribution in [0.5, 0.6) is 0 Å². The summed E-state index contributed by atoms with van der Waals surface area (Å²) in [6.07, 6.45) is 8.43. The van der Waals surface area contributed by atoms with Gasteiger partial charge in [-0.2, -0.15) is 0 Å². The largest absolute Gasteiger partial charge is 0.316 e. The van der Waals surface area contributed by atoms with Crippen LogP contribution in [0.1, 0.15) is 44.1 Å². The summed E-state index contributed by atoms with van der Waals surface area (Å²) in [4.78, 5) is 5.57. The SMILES string of the molecule is c1ccc(CN2CCC(N(CC3CCCNC3)C3CC3)CC2)cc1. The first kappa shape index (κ1) is 16.6. The van der Waals surface area contributed by atoms with Gasteiger partial charge in [-0.15, -0.1) is 0 Å². The van der Waals surface area contributed by atoms with Gasteiger partial charge in [0.2, 0.25) is 0 Å². The van der Waals surface area contributed by atoms with Crippen LogP contribution in [0, 0.1) is 5.92 Å². The molecule has 0 radical (unpaired) electrons. The maximum atomic E-state index is 3.60. The molecule has 1 saturated carbocycles. The van der Waals surface area contributed by atoms with E-state index in [4.69, 9.17) is 0 Å². The molecule has 0 bridgehead atoms. The first-order valence-corrected chi connectivity index (χ1v) is 10.1. The number of benzene rings is 1. The third kappa shape index (κ3) is 4.38. The van der Waals surface area contributed by atoms with Gasteiger partial charge in [-0.3, -0.25) is 9.80 Å². The molecule has 2 heterocycles. The normalized spacial score (nSPS) is 26.8. The van der Waals surface area contributed by atoms with E-state index in [1.54, 1.807) is 0 Å². The van der Waals surface area contributed by atoms with E-state index in [-0.39, 0.29) is 0 Å². The van der Waals surface area contributed by atoms with Crippen LogP contribution in [0.3, 0.4) is 0 Å². The lowest BCUT2D eigenvalue weighted by Gasteiger charge is -2.41. The average Bonchev–Trinajstić information content (AvgIpc) is 3.47. The van der Waals surface area contributed by atoms with Crippen LogP contribution < -0.4 is 5.32 Å². The van der Waals surface area contributed by atoms with Crippen LogP contribution in [0.25, 0.3) is 0 Å². The van der Waals surface area contributed by atoms with E-state index in [0.717, 1.165) is 24.5 Å². The Bertz CT molecular complexity index is 485. The third-order valence-electron chi connectivity index (χ3n) is 6.16. The highest BCUT2D eigenvalue weighted by molar-refractivity contribution is 5.14. The molecule has 132 valence electrons. The number of rotatable bonds is 6. The molecule has 0 aromatic heterocycles. The summed E-state index contributed by atoms with van der Waals surface area (Å²) in [7, 11) is 0. The van der Waals surface area contributed by atoms with E-state index < -0.39 is 0 Å². The predicted molar refractivity (Wildman–Crippen MR) is 100 cm³/mol. The molecule has 2 aliphatic heterocycles. The summed E-state index contributed by atoms with van der Waals surface area (Å²) in [6, 6.07) is 12.7. The van der Waals surface area contributed by atoms with Gasteiger partial charge in [0.25, 0.3) is 0 Å². The van der Waals surface area contributed by atoms with Crippen molar-refractivity contribution in [3.63, 3.8) is 0 Å². The van der Waals surface area contributed by atoms with E-state index in [1.165, 1.54) is 76.8 Å². The molecule has 1 aliphatic carbocycles. The standard InChI is InChI=1S/C21H33N3/c1-2-5-18(6-3-1)16-23-13-10-21(11-14-23)24(20-8-9-20)17-19-7-4-12-22-15-19/h1-3,5-6,19-22H,4,7-17H2. The van der Waals surface area contributed by atoms with Gasteiger partial charge in [0.15, 0.2) is 0 Å². The van der Waals surface area contributed by atoms with Crippen LogP contribution in [0.2, 0.25) is 0 Å². The molecule has 1 N–H and O–H groups in total. The second-order valence-electron chi connectivity index (χ2n) is 8.13. The lowest BCUT2D eigenvalue weighted by Crippen LogP contribution is -2.48. The van der Waals surface area contributed by atoms with Gasteiger partial charge >= 0.3 is 0 Å². The van der Waals surface area contributed by atoms with Crippen LogP contribution in [-0.2, 0) is 6.54 Å². The molecule has 24 heavy (non-hydrogen) atoms. The van der Waals surface area contributed by atoms with Gasteiger partial charge in [0.05, 0.1) is 0 Å². The highest BCUT2D eigenvalue weighted by Gasteiger charge is 2.36. The fourth-order valence-corrected chi connectivity index (χ4v) is 4.63. The number of hydrogen-bond donors (Lipinski definition) is 1. The summed E-state index contributed by atoms with van der Waals surface area (Å²) in [5.74, 6) is 0.890. The van der Waals surface area contributed by atoms with Gasteiger partial charge in [0, 0.05) is 25.2 Å². The van der Waals surface area contributed by atoms with Crippen molar-refractivity contribution in [3.05, 3.63) is 35.9 Å². The molecule has 3 nitrogen and oxygen atoms in total. The number of nitrogens with one attached hydrogen (secondary N) is 1. The van der Waals surface area contributed by atoms with Crippen molar-refractivity contribution in [3.8, 4) is 0 Å². The summed E-state index contributed by atoms with van der Waals surface area (Å²) >= 11 is 0. The second-order valence-corrected chi connectivity index (χ2v) is 8.13. The van der Waals surface area contributed by atoms with Crippen molar-refractivity contribution in [2.45, 2.75) is 57.2 Å². The van der Waals surface area contributed by atoms with E-state index in [2.05, 4.69) is 45.4 Å². The third-order valence-corrected chi connectivity index (χ3v) is 6.16. The Labute approximate surface area is 147 Å². The molecule has 3 heteroatoms. The van der Waals surface area contributed by atoms with Crippen LogP contribution in [-0.4, -0.2) is 54.6 Å². The van der Waals surface area contributed by atoms with Crippen molar-refractivity contribution < 1.29 is 0 Å². The topological polar surface area (TPSA) is 18.5 Å². The monoisotopic (exact) mass is 327 g/mol. The van der Waals surface area contributed by atoms with Crippen molar-refractivity contribution in [1.29, 1.82) is 0 Å². The smallest absolute Gasteiger partial charge is 0.0233 e. The molecule has 3 aliphatic rings. The molecule has 1 aromatic rings. The van der Waals surface area contributed by atoms with Gasteiger partial charge < -0.3 is 5.32 Å². The fraction of sp³-hybridized carbons (Fsp3) is 0.714. The molecular weight excluding hydrogens is 294 g/mol. The zero-order valence-corrected chi connectivity index (χ0v) is 15.0. The molecule has 1 aromatic carbocycles. The molecule has 3 fully saturated rings. The van der Waals surface area contributed by atoms with E-state index in [0.29, 0.717) is 0 Å². The Kier molecular flexibility index (Phi) is 5.51. The predicted octanol–water partition coefficient (Wildman–Crippen LogP) is 3.12. The molecule has 4 rings (SSSR count). The highest BCUT2D eigenvalue weighted by atomic mass is 15.2. The summed E-state index contributed by atoms with van der Waals surface area (Å²) in [6.45, 7) is 7.50. The Morgan fingerprint density at radius 1 is 0.958 bits per heavy atom. The maximum Gasteiger partial charge on any atom is 0.0233 e. The highest BCUT2D eigenvalue weighted by Crippen LogP contribution is 2.33. The number of likely N-dealkylation sites (tertiary alicyclic amines) is 1. The summed E-state index contributed by atoms with van der Waals surface area (Å²) in [5.41, 5.74) is 1.46. The van der Waals surface area contributed by atoms with Gasteiger partial charge in [0.1, 0.15) is 0 Å². The maximum absolute atomic E-state index is 3.60. The fourth-order valence-electron chi connectivity index (χ4n) is 4.63. The van der Waals surface area contributed by atoms with Crippen molar-refractivity contribution >= 4 is 0 Å². The first-order chi connectivity index (χ1) is 11.9. The summed E-state index contributed by atoms with van der Waals surface area (Å²) < 4.78 is 0. The Balaban J connectivity index is 1.28. The minimum absolute atomic E-state index is 0.839. The van der Waals surface area contributed by atoms with E-state index >= 15 is 0 Å². The number of nitrogens with zero attached hydrogens (tertiary/aromatic N) is 2. The molecule has 0 amide bonds. The van der Waals surface area contributed by atoms with Gasteiger partial charge in [-0.25, -0.2) is 0 Å². The Hall–Kier alpha value is -0.900. The zero-order chi connectivity index (χ0) is 16.2. The van der Waals surface area contributed by atoms with E-state index in [1.807, 2.05) is 0 Å². The quantitative estimate of drug-likeness (QED) is 0.866. The summed E-state index contributed by atoms with van der Waals surface area (Å²) in [5, 5.41) is 3.60. The van der Waals surface area contributed by atoms with Crippen molar-refractivity contribution in [2.24, 2.45) is 5.92 Å². The van der Waals surface area contributed by atoms with Gasteiger partial charge in [-0.1, -0.05) is 30.3 Å². The molecule has 2 saturated heterocycles. The molecule has 0 spiro atoms. The minimum Gasteiger partial charge on any atom is -0.316 e. The number of hydrogen-bond acceptors (Lipinski definition) is 3. The molecule has 1 unspecified atom stereocenters. The van der Waals surface area contributed by atoms with Crippen LogP contribution in [0.15, 0.2) is 30.3 Å². The lowest BCUT2D eigenvalue weighted by molar-refractivity contribution is 0.0809. The average molecular weight is 328 g/mol. The van der Waals surface area contributed by atoms with Crippen molar-refractivity contribution in [2.75, 3.05) is 32.7 Å².